The summed E-state index contributed by atoms with van der Waals surface area (Å²) < 4.78 is 26.4. The lowest BCUT2D eigenvalue weighted by Gasteiger charge is -2.08. The predicted octanol–water partition coefficient (Wildman–Crippen LogP) is 1.98. The summed E-state index contributed by atoms with van der Waals surface area (Å²) in [5, 5.41) is 0.604. The highest BCUT2D eigenvalue weighted by Gasteiger charge is 2.10. The molecule has 2 aromatic rings. The van der Waals surface area contributed by atoms with Crippen molar-refractivity contribution in [3.8, 4) is 0 Å². The van der Waals surface area contributed by atoms with Crippen LogP contribution in [0, 0.1) is 0 Å². The minimum Gasteiger partial charge on any atom is -0.326 e. The van der Waals surface area contributed by atoms with Gasteiger partial charge in [-0.25, -0.2) is 18.1 Å². The minimum atomic E-state index is -3.19. The smallest absolute Gasteiger partial charge is 0.208 e. The van der Waals surface area contributed by atoms with Crippen molar-refractivity contribution < 1.29 is 8.42 Å². The highest BCUT2D eigenvalue weighted by molar-refractivity contribution is 7.88. The van der Waals surface area contributed by atoms with Gasteiger partial charge in [0.05, 0.1) is 23.2 Å². The third-order valence-corrected chi connectivity index (χ3v) is 3.81. The van der Waals surface area contributed by atoms with E-state index in [4.69, 9.17) is 23.2 Å². The van der Waals surface area contributed by atoms with Crippen molar-refractivity contribution in [2.45, 2.75) is 12.4 Å². The van der Waals surface area contributed by atoms with E-state index in [0.29, 0.717) is 17.4 Å². The van der Waals surface area contributed by atoms with E-state index >= 15 is 0 Å². The Kier molecular flexibility index (Phi) is 4.35. The van der Waals surface area contributed by atoms with Crippen LogP contribution >= 0.6 is 23.2 Å². The van der Waals surface area contributed by atoms with Gasteiger partial charge in [0, 0.05) is 18.1 Å². The number of rotatable bonds is 5. The zero-order valence-corrected chi connectivity index (χ0v) is 12.6. The molecule has 104 valence electrons. The van der Waals surface area contributed by atoms with Crippen molar-refractivity contribution in [1.29, 1.82) is 0 Å². The fourth-order valence-corrected chi connectivity index (χ4v) is 2.68. The molecule has 0 saturated carbocycles. The van der Waals surface area contributed by atoms with Gasteiger partial charge in [0.1, 0.15) is 5.82 Å². The molecule has 0 aliphatic carbocycles. The molecule has 0 spiro atoms. The number of aromatic nitrogens is 2. The molecular formula is C11H13Cl2N3O2S. The van der Waals surface area contributed by atoms with Gasteiger partial charge >= 0.3 is 0 Å². The molecule has 0 fully saturated rings. The van der Waals surface area contributed by atoms with Gasteiger partial charge in [0.15, 0.2) is 0 Å². The van der Waals surface area contributed by atoms with Crippen molar-refractivity contribution in [3.05, 3.63) is 29.0 Å². The average Bonchev–Trinajstić information content (AvgIpc) is 2.65. The molecule has 0 bridgehead atoms. The highest BCUT2D eigenvalue weighted by Crippen LogP contribution is 2.21. The number of halogens is 2. The number of hydrogen-bond acceptors (Lipinski definition) is 3. The lowest BCUT2D eigenvalue weighted by molar-refractivity contribution is 0.578. The Labute approximate surface area is 121 Å². The van der Waals surface area contributed by atoms with Crippen molar-refractivity contribution in [2.24, 2.45) is 0 Å². The van der Waals surface area contributed by atoms with Crippen molar-refractivity contribution in [3.63, 3.8) is 0 Å². The van der Waals surface area contributed by atoms with Gasteiger partial charge < -0.3 is 4.57 Å². The molecule has 0 aliphatic rings. The van der Waals surface area contributed by atoms with Crippen LogP contribution in [0.1, 0.15) is 5.82 Å². The van der Waals surface area contributed by atoms with Crippen LogP contribution in [0.25, 0.3) is 11.0 Å². The van der Waals surface area contributed by atoms with E-state index < -0.39 is 10.0 Å². The molecular weight excluding hydrogens is 309 g/mol. The predicted molar refractivity (Wildman–Crippen MR) is 77.1 cm³/mol. The molecule has 5 nitrogen and oxygen atoms in total. The van der Waals surface area contributed by atoms with Crippen molar-refractivity contribution in [2.75, 3.05) is 12.8 Å². The first kappa shape index (κ1) is 14.6. The van der Waals surface area contributed by atoms with Crippen LogP contribution in [-0.4, -0.2) is 30.8 Å². The van der Waals surface area contributed by atoms with E-state index in [1.165, 1.54) is 0 Å². The summed E-state index contributed by atoms with van der Waals surface area (Å²) in [5.41, 5.74) is 1.64. The topological polar surface area (TPSA) is 64.0 Å². The number of alkyl halides is 1. The lowest BCUT2D eigenvalue weighted by atomic mass is 10.3. The maximum Gasteiger partial charge on any atom is 0.208 e. The number of imidazole rings is 1. The summed E-state index contributed by atoms with van der Waals surface area (Å²) in [4.78, 5) is 4.38. The number of nitrogens with one attached hydrogen (secondary N) is 1. The SMILES string of the molecule is CS(=O)(=O)NCCn1c(CCl)nc2cc(Cl)ccc21. The van der Waals surface area contributed by atoms with Gasteiger partial charge in [-0.15, -0.1) is 11.6 Å². The first-order valence-electron chi connectivity index (χ1n) is 5.56. The molecule has 0 unspecified atom stereocenters. The summed E-state index contributed by atoms with van der Waals surface area (Å²) in [7, 11) is -3.19. The number of benzene rings is 1. The second kappa shape index (κ2) is 5.66. The van der Waals surface area contributed by atoms with Gasteiger partial charge in [-0.1, -0.05) is 11.6 Å². The van der Waals surface area contributed by atoms with Crippen LogP contribution in [0.3, 0.4) is 0 Å². The first-order valence-corrected chi connectivity index (χ1v) is 8.36. The maximum absolute atomic E-state index is 11.0. The van der Waals surface area contributed by atoms with E-state index in [9.17, 15) is 8.42 Å². The molecule has 1 N–H and O–H groups in total. The molecule has 1 heterocycles. The molecule has 0 radical (unpaired) electrons. The van der Waals surface area contributed by atoms with Gasteiger partial charge in [-0.2, -0.15) is 0 Å². The van der Waals surface area contributed by atoms with E-state index in [-0.39, 0.29) is 12.4 Å². The summed E-state index contributed by atoms with van der Waals surface area (Å²) in [6.07, 6.45) is 1.13. The number of nitrogens with zero attached hydrogens (tertiary/aromatic N) is 2. The van der Waals surface area contributed by atoms with Crippen molar-refractivity contribution in [1.82, 2.24) is 14.3 Å². The second-order valence-corrected chi connectivity index (χ2v) is 6.65. The summed E-state index contributed by atoms with van der Waals surface area (Å²) in [5.74, 6) is 0.944. The normalized spacial score (nSPS) is 12.2. The van der Waals surface area contributed by atoms with Gasteiger partial charge in [-0.05, 0) is 18.2 Å². The number of hydrogen-bond donors (Lipinski definition) is 1. The molecule has 1 aromatic carbocycles. The highest BCUT2D eigenvalue weighted by atomic mass is 35.5. The van der Waals surface area contributed by atoms with Gasteiger partial charge in [0.25, 0.3) is 0 Å². The van der Waals surface area contributed by atoms with Gasteiger partial charge in [0.2, 0.25) is 10.0 Å². The van der Waals surface area contributed by atoms with E-state index in [2.05, 4.69) is 9.71 Å². The van der Waals surface area contributed by atoms with E-state index in [1.54, 1.807) is 12.1 Å². The molecule has 2 rings (SSSR count). The van der Waals surface area contributed by atoms with Crippen LogP contribution in [0.15, 0.2) is 18.2 Å². The second-order valence-electron chi connectivity index (χ2n) is 4.11. The van der Waals surface area contributed by atoms with Crippen LogP contribution in [0.2, 0.25) is 5.02 Å². The zero-order chi connectivity index (χ0) is 14.0. The Hall–Kier alpha value is -0.820. The standard InChI is InChI=1S/C11H13Cl2N3O2S/c1-19(17,18)14-4-5-16-10-3-2-8(13)6-9(10)15-11(16)7-12/h2-3,6,14H,4-5,7H2,1H3. The van der Waals surface area contributed by atoms with Crippen molar-refractivity contribution >= 4 is 44.3 Å². The average molecular weight is 322 g/mol. The minimum absolute atomic E-state index is 0.255. The molecule has 0 aliphatic heterocycles. The first-order chi connectivity index (χ1) is 8.90. The molecule has 19 heavy (non-hydrogen) atoms. The van der Waals surface area contributed by atoms with E-state index in [0.717, 1.165) is 17.3 Å². The van der Waals surface area contributed by atoms with Crippen LogP contribution in [0.5, 0.6) is 0 Å². The monoisotopic (exact) mass is 321 g/mol. The summed E-state index contributed by atoms with van der Waals surface area (Å²) >= 11 is 11.8. The van der Waals surface area contributed by atoms with E-state index in [1.807, 2.05) is 10.6 Å². The molecule has 0 saturated heterocycles. The molecule has 0 amide bonds. The third kappa shape index (κ3) is 3.60. The molecule has 1 aromatic heterocycles. The van der Waals surface area contributed by atoms with Gasteiger partial charge in [-0.3, -0.25) is 0 Å². The summed E-state index contributed by atoms with van der Waals surface area (Å²) in [6, 6.07) is 5.37. The Morgan fingerprint density at radius 1 is 1.42 bits per heavy atom. The fraction of sp³-hybridized carbons (Fsp3) is 0.364. The summed E-state index contributed by atoms with van der Waals surface area (Å²) in [6.45, 7) is 0.754. The third-order valence-electron chi connectivity index (χ3n) is 2.61. The lowest BCUT2D eigenvalue weighted by Crippen LogP contribution is -2.26. The zero-order valence-electron chi connectivity index (χ0n) is 10.2. The fourth-order valence-electron chi connectivity index (χ4n) is 1.85. The van der Waals surface area contributed by atoms with Crippen LogP contribution in [-0.2, 0) is 22.4 Å². The molecule has 8 heteroatoms. The molecule has 0 atom stereocenters. The van der Waals surface area contributed by atoms with Crippen LogP contribution in [0.4, 0.5) is 0 Å². The Morgan fingerprint density at radius 3 is 2.79 bits per heavy atom. The number of sulfonamides is 1. The quantitative estimate of drug-likeness (QED) is 0.856. The Morgan fingerprint density at radius 2 is 2.16 bits per heavy atom. The Bertz CT molecular complexity index is 697. The largest absolute Gasteiger partial charge is 0.326 e. The maximum atomic E-state index is 11.0. The number of fused-ring (bicyclic) bond motifs is 1. The Balaban J connectivity index is 2.30. The van der Waals surface area contributed by atoms with Crippen LogP contribution < -0.4 is 4.72 Å².